The van der Waals surface area contributed by atoms with Gasteiger partial charge in [0.25, 0.3) is 0 Å². The van der Waals surface area contributed by atoms with Gasteiger partial charge in [-0.2, -0.15) is 0 Å². The Morgan fingerprint density at radius 3 is 2.53 bits per heavy atom. The summed E-state index contributed by atoms with van der Waals surface area (Å²) in [5, 5.41) is 0. The van der Waals surface area contributed by atoms with Crippen molar-refractivity contribution in [1.29, 1.82) is 0 Å². The number of nitrogens with zero attached hydrogens (tertiary/aromatic N) is 1. The summed E-state index contributed by atoms with van der Waals surface area (Å²) >= 11 is 0. The topological polar surface area (TPSA) is 46.3 Å². The molecule has 0 atom stereocenters. The Morgan fingerprint density at radius 2 is 2.07 bits per heavy atom. The van der Waals surface area contributed by atoms with Gasteiger partial charge in [0.1, 0.15) is 0 Å². The minimum Gasteiger partial charge on any atom is -0.340 e. The zero-order chi connectivity index (χ0) is 11.3. The Balaban J connectivity index is 2.50. The van der Waals surface area contributed by atoms with E-state index in [4.69, 9.17) is 5.73 Å². The summed E-state index contributed by atoms with van der Waals surface area (Å²) in [6, 6.07) is 0.747. The average Bonchev–Trinajstić information content (AvgIpc) is 2.22. The van der Waals surface area contributed by atoms with Crippen LogP contribution in [-0.2, 0) is 4.79 Å². The maximum Gasteiger partial charge on any atom is 0.226 e. The first-order chi connectivity index (χ1) is 7.19. The minimum atomic E-state index is 0.202. The number of carbonyl (C=O) groups is 1. The Morgan fingerprint density at radius 1 is 1.47 bits per heavy atom. The molecule has 0 aliphatic heterocycles. The molecule has 1 rings (SSSR count). The first-order valence-electron chi connectivity index (χ1n) is 5.85. The molecule has 0 radical (unpaired) electrons. The van der Waals surface area contributed by atoms with E-state index in [1.165, 1.54) is 0 Å². The lowest BCUT2D eigenvalue weighted by Crippen LogP contribution is -2.43. The van der Waals surface area contributed by atoms with Crippen molar-refractivity contribution in [3.63, 3.8) is 0 Å². The molecule has 1 fully saturated rings. The maximum atomic E-state index is 11.8. The highest BCUT2D eigenvalue weighted by Crippen LogP contribution is 2.22. The summed E-state index contributed by atoms with van der Waals surface area (Å²) in [5.74, 6) is 0.202. The first-order valence-corrected chi connectivity index (χ1v) is 5.85. The molecule has 15 heavy (non-hydrogen) atoms. The molecule has 86 valence electrons. The molecule has 2 N–H and O–H groups in total. The molecule has 0 unspecified atom stereocenters. The van der Waals surface area contributed by atoms with Crippen molar-refractivity contribution in [3.8, 4) is 0 Å². The molecule has 0 heterocycles. The molecule has 1 aliphatic carbocycles. The van der Waals surface area contributed by atoms with Gasteiger partial charge in [-0.1, -0.05) is 6.08 Å². The SMILES string of the molecule is C=CCC(=O)N(CC)C1CCC(N)CC1. The third-order valence-corrected chi connectivity index (χ3v) is 3.16. The first kappa shape index (κ1) is 12.2. The van der Waals surface area contributed by atoms with Gasteiger partial charge in [-0.25, -0.2) is 0 Å². The monoisotopic (exact) mass is 210 g/mol. The third-order valence-electron chi connectivity index (χ3n) is 3.16. The number of amides is 1. The number of hydrogen-bond donors (Lipinski definition) is 1. The molecule has 0 aromatic heterocycles. The predicted molar refractivity (Wildman–Crippen MR) is 62.4 cm³/mol. The van der Waals surface area contributed by atoms with E-state index in [9.17, 15) is 4.79 Å². The lowest BCUT2D eigenvalue weighted by molar-refractivity contribution is -0.133. The van der Waals surface area contributed by atoms with E-state index < -0.39 is 0 Å². The van der Waals surface area contributed by atoms with Crippen LogP contribution in [0.5, 0.6) is 0 Å². The standard InChI is InChI=1S/C12H22N2O/c1-3-5-12(15)14(4-2)11-8-6-10(13)7-9-11/h3,10-11H,1,4-9,13H2,2H3. The van der Waals surface area contributed by atoms with E-state index in [1.54, 1.807) is 6.08 Å². The van der Waals surface area contributed by atoms with Crippen LogP contribution in [-0.4, -0.2) is 29.4 Å². The zero-order valence-corrected chi connectivity index (χ0v) is 9.61. The van der Waals surface area contributed by atoms with Crippen molar-refractivity contribution in [2.24, 2.45) is 5.73 Å². The fraction of sp³-hybridized carbons (Fsp3) is 0.750. The van der Waals surface area contributed by atoms with Gasteiger partial charge in [0.05, 0.1) is 0 Å². The van der Waals surface area contributed by atoms with Gasteiger partial charge < -0.3 is 10.6 Å². The number of hydrogen-bond acceptors (Lipinski definition) is 2. The van der Waals surface area contributed by atoms with Gasteiger partial charge in [0, 0.05) is 25.0 Å². The van der Waals surface area contributed by atoms with Crippen LogP contribution in [0.3, 0.4) is 0 Å². The Kier molecular flexibility index (Phi) is 4.82. The van der Waals surface area contributed by atoms with E-state index in [1.807, 2.05) is 11.8 Å². The molecule has 0 spiro atoms. The predicted octanol–water partition coefficient (Wildman–Crippen LogP) is 1.68. The van der Waals surface area contributed by atoms with Crippen molar-refractivity contribution in [3.05, 3.63) is 12.7 Å². The summed E-state index contributed by atoms with van der Waals surface area (Å²) in [4.78, 5) is 13.8. The third kappa shape index (κ3) is 3.34. The quantitative estimate of drug-likeness (QED) is 0.718. The van der Waals surface area contributed by atoms with Crippen LogP contribution in [0.25, 0.3) is 0 Å². The average molecular weight is 210 g/mol. The summed E-state index contributed by atoms with van der Waals surface area (Å²) in [6.45, 7) is 6.44. The van der Waals surface area contributed by atoms with Gasteiger partial charge in [0.15, 0.2) is 0 Å². The number of carbonyl (C=O) groups excluding carboxylic acids is 1. The summed E-state index contributed by atoms with van der Waals surface area (Å²) in [6.07, 6.45) is 6.33. The fourth-order valence-corrected chi connectivity index (χ4v) is 2.29. The number of rotatable bonds is 4. The molecule has 0 aromatic carbocycles. The van der Waals surface area contributed by atoms with Gasteiger partial charge >= 0.3 is 0 Å². The normalized spacial score (nSPS) is 26.0. The molecule has 0 saturated heterocycles. The van der Waals surface area contributed by atoms with E-state index in [2.05, 4.69) is 6.58 Å². The molecule has 1 amide bonds. The highest BCUT2D eigenvalue weighted by molar-refractivity contribution is 5.77. The van der Waals surface area contributed by atoms with Gasteiger partial charge in [-0.05, 0) is 32.6 Å². The van der Waals surface area contributed by atoms with Crippen LogP contribution in [0, 0.1) is 0 Å². The molecule has 0 aromatic rings. The van der Waals surface area contributed by atoms with E-state index in [0.717, 1.165) is 32.2 Å². The molecule has 3 nitrogen and oxygen atoms in total. The highest BCUT2D eigenvalue weighted by Gasteiger charge is 2.25. The Bertz CT molecular complexity index is 220. The van der Waals surface area contributed by atoms with Crippen LogP contribution in [0.15, 0.2) is 12.7 Å². The minimum absolute atomic E-state index is 0.202. The van der Waals surface area contributed by atoms with Crippen molar-refractivity contribution >= 4 is 5.91 Å². The number of nitrogens with two attached hydrogens (primary N) is 1. The van der Waals surface area contributed by atoms with Crippen molar-refractivity contribution in [1.82, 2.24) is 4.90 Å². The molecular weight excluding hydrogens is 188 g/mol. The zero-order valence-electron chi connectivity index (χ0n) is 9.61. The molecular formula is C12H22N2O. The lowest BCUT2D eigenvalue weighted by atomic mass is 9.90. The second kappa shape index (κ2) is 5.91. The summed E-state index contributed by atoms with van der Waals surface area (Å²) < 4.78 is 0. The summed E-state index contributed by atoms with van der Waals surface area (Å²) in [5.41, 5.74) is 5.85. The smallest absolute Gasteiger partial charge is 0.226 e. The van der Waals surface area contributed by atoms with Crippen LogP contribution >= 0.6 is 0 Å². The van der Waals surface area contributed by atoms with Crippen molar-refractivity contribution < 1.29 is 4.79 Å². The van der Waals surface area contributed by atoms with E-state index in [0.29, 0.717) is 18.5 Å². The second-order valence-corrected chi connectivity index (χ2v) is 4.24. The summed E-state index contributed by atoms with van der Waals surface area (Å²) in [7, 11) is 0. The lowest BCUT2D eigenvalue weighted by Gasteiger charge is -2.35. The molecule has 0 bridgehead atoms. The van der Waals surface area contributed by atoms with Crippen LogP contribution in [0.1, 0.15) is 39.0 Å². The van der Waals surface area contributed by atoms with Crippen LogP contribution in [0.4, 0.5) is 0 Å². The highest BCUT2D eigenvalue weighted by atomic mass is 16.2. The van der Waals surface area contributed by atoms with Gasteiger partial charge in [-0.3, -0.25) is 4.79 Å². The van der Waals surface area contributed by atoms with Crippen molar-refractivity contribution in [2.75, 3.05) is 6.54 Å². The Hall–Kier alpha value is -0.830. The van der Waals surface area contributed by atoms with Crippen molar-refractivity contribution in [2.45, 2.75) is 51.1 Å². The molecule has 1 aliphatic rings. The second-order valence-electron chi connectivity index (χ2n) is 4.24. The largest absolute Gasteiger partial charge is 0.340 e. The van der Waals surface area contributed by atoms with E-state index >= 15 is 0 Å². The molecule has 1 saturated carbocycles. The van der Waals surface area contributed by atoms with Gasteiger partial charge in [-0.15, -0.1) is 6.58 Å². The maximum absolute atomic E-state index is 11.8. The Labute approximate surface area is 92.3 Å². The van der Waals surface area contributed by atoms with Crippen LogP contribution in [0.2, 0.25) is 0 Å². The molecule has 3 heteroatoms. The fourth-order valence-electron chi connectivity index (χ4n) is 2.29. The van der Waals surface area contributed by atoms with Gasteiger partial charge in [0.2, 0.25) is 5.91 Å². The van der Waals surface area contributed by atoms with E-state index in [-0.39, 0.29) is 5.91 Å². The van der Waals surface area contributed by atoms with Crippen LogP contribution < -0.4 is 5.73 Å².